The molecule has 0 saturated carbocycles. The lowest BCUT2D eigenvalue weighted by Crippen LogP contribution is -2.43. The molecule has 0 spiro atoms. The summed E-state index contributed by atoms with van der Waals surface area (Å²) in [5, 5.41) is 8.74. The Balaban J connectivity index is 4.31. The van der Waals surface area contributed by atoms with E-state index in [1.165, 1.54) is 0 Å². The zero-order chi connectivity index (χ0) is 12.1. The largest absolute Gasteiger partial charge is 0.481 e. The molecule has 0 aliphatic carbocycles. The van der Waals surface area contributed by atoms with E-state index in [2.05, 4.69) is 15.9 Å². The Kier molecular flexibility index (Phi) is 5.82. The number of halogens is 1. The Morgan fingerprint density at radius 1 is 1.40 bits per heavy atom. The van der Waals surface area contributed by atoms with Gasteiger partial charge in [-0.2, -0.15) is 0 Å². The molecule has 0 fully saturated rings. The van der Waals surface area contributed by atoms with Crippen molar-refractivity contribution in [2.24, 2.45) is 0 Å². The Hall–Kier alpha value is -0.620. The molecule has 0 aliphatic rings. The van der Waals surface area contributed by atoms with Gasteiger partial charge in [0.1, 0.15) is 11.9 Å². The van der Waals surface area contributed by atoms with Gasteiger partial charge in [0.05, 0.1) is 27.6 Å². The van der Waals surface area contributed by atoms with Crippen LogP contribution >= 0.6 is 15.9 Å². The predicted octanol–water partition coefficient (Wildman–Crippen LogP) is 0.474. The van der Waals surface area contributed by atoms with Gasteiger partial charge >= 0.3 is 11.9 Å². The topological polar surface area (TPSA) is 63.6 Å². The second-order valence-electron chi connectivity index (χ2n) is 4.32. The smallest absolute Gasteiger partial charge is 0.317 e. The number of carbonyl (C=O) groups is 2. The van der Waals surface area contributed by atoms with Crippen molar-refractivity contribution >= 4 is 27.9 Å². The average molecular weight is 283 g/mol. The minimum Gasteiger partial charge on any atom is -0.481 e. The van der Waals surface area contributed by atoms with Gasteiger partial charge in [0.15, 0.2) is 6.10 Å². The van der Waals surface area contributed by atoms with Gasteiger partial charge in [-0.3, -0.25) is 9.59 Å². The summed E-state index contributed by atoms with van der Waals surface area (Å²) in [5.41, 5.74) is 0. The monoisotopic (exact) mass is 282 g/mol. The van der Waals surface area contributed by atoms with E-state index in [1.54, 1.807) is 0 Å². The van der Waals surface area contributed by atoms with Crippen LogP contribution < -0.4 is 0 Å². The van der Waals surface area contributed by atoms with Gasteiger partial charge in [0.2, 0.25) is 0 Å². The lowest BCUT2D eigenvalue weighted by Gasteiger charge is -2.28. The maximum Gasteiger partial charge on any atom is 0.317 e. The number of hydrogen-bond acceptors (Lipinski definition) is 3. The number of esters is 1. The molecule has 0 heterocycles. The average Bonchev–Trinajstić information content (AvgIpc) is 1.99. The number of carboxylic acid groups (broad SMARTS) is 1. The fourth-order valence-corrected chi connectivity index (χ4v) is 1.30. The summed E-state index contributed by atoms with van der Waals surface area (Å²) in [7, 11) is 5.74. The molecule has 0 rings (SSSR count). The minimum atomic E-state index is -0.962. The van der Waals surface area contributed by atoms with Gasteiger partial charge in [0.25, 0.3) is 0 Å². The first-order valence-corrected chi connectivity index (χ1v) is 5.64. The number of hydrogen-bond donors (Lipinski definition) is 1. The lowest BCUT2D eigenvalue weighted by molar-refractivity contribution is -0.873. The van der Waals surface area contributed by atoms with Gasteiger partial charge in [-0.1, -0.05) is 15.9 Å². The maximum absolute atomic E-state index is 11.0. The fourth-order valence-electron chi connectivity index (χ4n) is 1.17. The molecule has 0 aromatic carbocycles. The number of quaternary nitrogens is 1. The third kappa shape index (κ3) is 8.38. The van der Waals surface area contributed by atoms with Crippen LogP contribution in [0, 0.1) is 0 Å². The predicted molar refractivity (Wildman–Crippen MR) is 58.8 cm³/mol. The molecular weight excluding hydrogens is 266 g/mol. The summed E-state index contributed by atoms with van der Waals surface area (Å²) in [6.45, 7) is 0.477. The van der Waals surface area contributed by atoms with Crippen LogP contribution in [0.25, 0.3) is 0 Å². The van der Waals surface area contributed by atoms with Crippen molar-refractivity contribution in [3.05, 3.63) is 0 Å². The second-order valence-corrected chi connectivity index (χ2v) is 4.88. The van der Waals surface area contributed by atoms with Crippen molar-refractivity contribution in [2.45, 2.75) is 12.5 Å². The van der Waals surface area contributed by atoms with Crippen LogP contribution in [0.5, 0.6) is 0 Å². The molecule has 1 N–H and O–H groups in total. The van der Waals surface area contributed by atoms with E-state index in [0.717, 1.165) is 0 Å². The number of carbonyl (C=O) groups excluding carboxylic acids is 1. The number of aliphatic carboxylic acids is 1. The minimum absolute atomic E-state index is 0.0836. The maximum atomic E-state index is 11.0. The van der Waals surface area contributed by atoms with E-state index in [-0.39, 0.29) is 11.8 Å². The Morgan fingerprint density at radius 2 is 1.93 bits per heavy atom. The van der Waals surface area contributed by atoms with Crippen LogP contribution in [0.1, 0.15) is 6.42 Å². The number of nitrogens with zero attached hydrogens (tertiary/aromatic N) is 1. The quantitative estimate of drug-likeness (QED) is 0.437. The molecule has 0 aromatic rings. The SMILES string of the molecule is C[N+](C)(C)CC(CC(=O)O)OC(=O)CBr. The first kappa shape index (κ1) is 14.4. The normalized spacial score (nSPS) is 13.3. The van der Waals surface area contributed by atoms with Crippen LogP contribution in [-0.4, -0.2) is 60.6 Å². The Labute approximate surface area is 97.7 Å². The van der Waals surface area contributed by atoms with Gasteiger partial charge in [-0.05, 0) is 0 Å². The molecule has 6 heteroatoms. The van der Waals surface area contributed by atoms with Crippen molar-refractivity contribution in [1.29, 1.82) is 0 Å². The van der Waals surface area contributed by atoms with E-state index in [9.17, 15) is 9.59 Å². The lowest BCUT2D eigenvalue weighted by atomic mass is 10.2. The van der Waals surface area contributed by atoms with Crippen LogP contribution in [0.2, 0.25) is 0 Å². The fraction of sp³-hybridized carbons (Fsp3) is 0.778. The van der Waals surface area contributed by atoms with Crippen LogP contribution in [0.15, 0.2) is 0 Å². The van der Waals surface area contributed by atoms with E-state index in [0.29, 0.717) is 11.0 Å². The van der Waals surface area contributed by atoms with Crippen LogP contribution in [0.3, 0.4) is 0 Å². The summed E-state index contributed by atoms with van der Waals surface area (Å²) in [6.07, 6.45) is -0.735. The first-order valence-electron chi connectivity index (χ1n) is 4.52. The van der Waals surface area contributed by atoms with Gasteiger partial charge in [-0.15, -0.1) is 0 Å². The molecule has 0 radical (unpaired) electrons. The van der Waals surface area contributed by atoms with Crippen molar-refractivity contribution in [1.82, 2.24) is 0 Å². The third-order valence-electron chi connectivity index (χ3n) is 1.56. The van der Waals surface area contributed by atoms with E-state index >= 15 is 0 Å². The van der Waals surface area contributed by atoms with Crippen molar-refractivity contribution < 1.29 is 23.9 Å². The molecule has 5 nitrogen and oxygen atoms in total. The van der Waals surface area contributed by atoms with Crippen molar-refractivity contribution in [2.75, 3.05) is 33.0 Å². The van der Waals surface area contributed by atoms with Crippen LogP contribution in [-0.2, 0) is 14.3 Å². The highest BCUT2D eigenvalue weighted by atomic mass is 79.9. The summed E-state index contributed by atoms with van der Waals surface area (Å²) in [6, 6.07) is 0. The zero-order valence-electron chi connectivity index (χ0n) is 9.20. The van der Waals surface area contributed by atoms with Crippen molar-refractivity contribution in [3.8, 4) is 0 Å². The molecule has 0 amide bonds. The summed E-state index contributed by atoms with van der Waals surface area (Å²) < 4.78 is 5.55. The highest BCUT2D eigenvalue weighted by Gasteiger charge is 2.24. The van der Waals surface area contributed by atoms with E-state index in [4.69, 9.17) is 9.84 Å². The summed E-state index contributed by atoms with van der Waals surface area (Å²) in [5.74, 6) is -1.40. The zero-order valence-corrected chi connectivity index (χ0v) is 10.8. The van der Waals surface area contributed by atoms with Crippen molar-refractivity contribution in [3.63, 3.8) is 0 Å². The number of alkyl halides is 1. The summed E-state index contributed by atoms with van der Waals surface area (Å²) in [4.78, 5) is 21.6. The Bertz CT molecular complexity index is 237. The number of carboxylic acids is 1. The van der Waals surface area contributed by atoms with Gasteiger partial charge < -0.3 is 14.3 Å². The summed E-state index contributed by atoms with van der Waals surface area (Å²) >= 11 is 2.96. The number of likely N-dealkylation sites (N-methyl/N-ethyl adjacent to an activating group) is 1. The third-order valence-corrected chi connectivity index (χ3v) is 2.02. The highest BCUT2D eigenvalue weighted by molar-refractivity contribution is 9.09. The molecule has 0 aliphatic heterocycles. The first-order chi connectivity index (χ1) is 6.74. The second kappa shape index (κ2) is 6.07. The highest BCUT2D eigenvalue weighted by Crippen LogP contribution is 2.06. The number of ether oxygens (including phenoxy) is 1. The van der Waals surface area contributed by atoms with Gasteiger partial charge in [0, 0.05) is 0 Å². The van der Waals surface area contributed by atoms with Gasteiger partial charge in [-0.25, -0.2) is 0 Å². The van der Waals surface area contributed by atoms with E-state index in [1.807, 2.05) is 21.1 Å². The molecule has 1 unspecified atom stereocenters. The Morgan fingerprint density at radius 3 is 2.27 bits per heavy atom. The molecular formula is C9H17BrNO4+. The molecule has 0 aromatic heterocycles. The number of rotatable bonds is 6. The molecule has 88 valence electrons. The molecule has 1 atom stereocenters. The standard InChI is InChI=1S/C9H16BrNO4/c1-11(2,3)6-7(4-8(12)13)15-9(14)5-10/h7H,4-6H2,1-3H3/p+1. The molecule has 0 saturated heterocycles. The van der Waals surface area contributed by atoms with E-state index < -0.39 is 18.0 Å². The van der Waals surface area contributed by atoms with Crippen LogP contribution in [0.4, 0.5) is 0 Å². The molecule has 0 bridgehead atoms. The molecule has 15 heavy (non-hydrogen) atoms.